The first-order valence-electron chi connectivity index (χ1n) is 5.87. The molecule has 2 rings (SSSR count). The van der Waals surface area contributed by atoms with Crippen LogP contribution >= 0.6 is 0 Å². The fourth-order valence-electron chi connectivity index (χ4n) is 1.70. The smallest absolute Gasteiger partial charge is 0.335 e. The summed E-state index contributed by atoms with van der Waals surface area (Å²) in [4.78, 5) is 20.6. The second-order valence-corrected chi connectivity index (χ2v) is 4.13. The first kappa shape index (κ1) is 14.4. The molecule has 0 amide bonds. The number of hydrogen-bond acceptors (Lipinski definition) is 4. The lowest BCUT2D eigenvalue weighted by Gasteiger charge is -2.07. The van der Waals surface area contributed by atoms with Gasteiger partial charge < -0.3 is 9.84 Å². The summed E-state index contributed by atoms with van der Waals surface area (Å²) in [6.07, 6.45) is 0. The maximum absolute atomic E-state index is 13.8. The number of carbonyl (C=O) groups is 1. The Morgan fingerprint density at radius 2 is 2.00 bits per heavy atom. The minimum Gasteiger partial charge on any atom is -0.489 e. The molecule has 2 aromatic carbocycles. The summed E-state index contributed by atoms with van der Waals surface area (Å²) in [5.41, 5.74) is -0.577. The largest absolute Gasteiger partial charge is 0.489 e. The third-order valence-electron chi connectivity index (χ3n) is 2.73. The van der Waals surface area contributed by atoms with Gasteiger partial charge in [-0.05, 0) is 18.2 Å². The van der Waals surface area contributed by atoms with Gasteiger partial charge in [0.2, 0.25) is 5.82 Å². The molecule has 0 heterocycles. The number of halogens is 1. The topological polar surface area (TPSA) is 89.7 Å². The Labute approximate surface area is 118 Å². The van der Waals surface area contributed by atoms with Gasteiger partial charge >= 0.3 is 11.7 Å². The highest BCUT2D eigenvalue weighted by Crippen LogP contribution is 2.22. The Morgan fingerprint density at radius 1 is 1.29 bits per heavy atom. The van der Waals surface area contributed by atoms with Gasteiger partial charge in [-0.15, -0.1) is 0 Å². The molecule has 0 unspecified atom stereocenters. The van der Waals surface area contributed by atoms with Gasteiger partial charge in [-0.3, -0.25) is 10.1 Å². The summed E-state index contributed by atoms with van der Waals surface area (Å²) in [5.74, 6) is -1.83. The predicted molar refractivity (Wildman–Crippen MR) is 70.8 cm³/mol. The maximum atomic E-state index is 13.8. The Kier molecular flexibility index (Phi) is 4.13. The minimum absolute atomic E-state index is 0.0185. The van der Waals surface area contributed by atoms with Crippen LogP contribution in [0.5, 0.6) is 5.75 Å². The van der Waals surface area contributed by atoms with E-state index in [2.05, 4.69) is 0 Å². The molecule has 0 saturated carbocycles. The van der Waals surface area contributed by atoms with Crippen molar-refractivity contribution in [1.82, 2.24) is 0 Å². The van der Waals surface area contributed by atoms with Gasteiger partial charge in [0.15, 0.2) is 0 Å². The highest BCUT2D eigenvalue weighted by atomic mass is 19.1. The van der Waals surface area contributed by atoms with Crippen LogP contribution < -0.4 is 4.74 Å². The SMILES string of the molecule is O=C(O)c1cccc(OCc2cccc([N+](=O)[O-])c2F)c1. The molecule has 6 nitrogen and oxygen atoms in total. The zero-order chi connectivity index (χ0) is 15.4. The average Bonchev–Trinajstić information content (AvgIpc) is 2.46. The third-order valence-corrected chi connectivity index (χ3v) is 2.73. The lowest BCUT2D eigenvalue weighted by atomic mass is 10.2. The molecule has 0 saturated heterocycles. The van der Waals surface area contributed by atoms with Crippen LogP contribution in [0.4, 0.5) is 10.1 Å². The van der Waals surface area contributed by atoms with Gasteiger partial charge in [-0.25, -0.2) is 4.79 Å². The van der Waals surface area contributed by atoms with Crippen LogP contribution in [0.3, 0.4) is 0 Å². The Balaban J connectivity index is 2.17. The van der Waals surface area contributed by atoms with E-state index in [-0.39, 0.29) is 23.5 Å². The molecule has 0 atom stereocenters. The number of nitro benzene ring substituents is 1. The van der Waals surface area contributed by atoms with E-state index < -0.39 is 22.4 Å². The molecule has 0 aliphatic rings. The van der Waals surface area contributed by atoms with Crippen LogP contribution in [-0.2, 0) is 6.61 Å². The highest BCUT2D eigenvalue weighted by molar-refractivity contribution is 5.87. The van der Waals surface area contributed by atoms with Crippen molar-refractivity contribution in [2.45, 2.75) is 6.61 Å². The molecule has 0 radical (unpaired) electrons. The molecule has 0 fully saturated rings. The number of ether oxygens (including phenoxy) is 1. The molecule has 0 bridgehead atoms. The van der Waals surface area contributed by atoms with Gasteiger partial charge in [-0.2, -0.15) is 4.39 Å². The van der Waals surface area contributed by atoms with E-state index in [9.17, 15) is 19.3 Å². The van der Waals surface area contributed by atoms with Crippen molar-refractivity contribution in [3.05, 3.63) is 69.5 Å². The van der Waals surface area contributed by atoms with E-state index in [1.807, 2.05) is 0 Å². The predicted octanol–water partition coefficient (Wildman–Crippen LogP) is 3.01. The summed E-state index contributed by atoms with van der Waals surface area (Å²) in [6.45, 7) is -0.239. The van der Waals surface area contributed by atoms with E-state index in [1.54, 1.807) is 0 Å². The third kappa shape index (κ3) is 3.33. The highest BCUT2D eigenvalue weighted by Gasteiger charge is 2.17. The second kappa shape index (κ2) is 6.00. The summed E-state index contributed by atoms with van der Waals surface area (Å²) >= 11 is 0. The van der Waals surface area contributed by atoms with Crippen molar-refractivity contribution in [2.24, 2.45) is 0 Å². The van der Waals surface area contributed by atoms with Crippen molar-refractivity contribution in [3.8, 4) is 5.75 Å². The lowest BCUT2D eigenvalue weighted by Crippen LogP contribution is -2.02. The van der Waals surface area contributed by atoms with E-state index in [1.165, 1.54) is 36.4 Å². The van der Waals surface area contributed by atoms with Crippen LogP contribution in [0, 0.1) is 15.9 Å². The van der Waals surface area contributed by atoms with Crippen LogP contribution in [-0.4, -0.2) is 16.0 Å². The molecule has 0 aliphatic carbocycles. The molecule has 1 N–H and O–H groups in total. The molecule has 2 aromatic rings. The first-order chi connectivity index (χ1) is 9.99. The van der Waals surface area contributed by atoms with Gasteiger partial charge in [0.05, 0.1) is 10.5 Å². The fourth-order valence-corrected chi connectivity index (χ4v) is 1.70. The normalized spacial score (nSPS) is 10.1. The quantitative estimate of drug-likeness (QED) is 0.675. The maximum Gasteiger partial charge on any atom is 0.335 e. The van der Waals surface area contributed by atoms with Crippen LogP contribution in [0.15, 0.2) is 42.5 Å². The van der Waals surface area contributed by atoms with Crippen molar-refractivity contribution < 1.29 is 24.0 Å². The first-order valence-corrected chi connectivity index (χ1v) is 5.87. The monoisotopic (exact) mass is 291 g/mol. The van der Waals surface area contributed by atoms with Crippen molar-refractivity contribution >= 4 is 11.7 Å². The lowest BCUT2D eigenvalue weighted by molar-refractivity contribution is -0.387. The Morgan fingerprint density at radius 3 is 2.67 bits per heavy atom. The van der Waals surface area contributed by atoms with Crippen LogP contribution in [0.25, 0.3) is 0 Å². The zero-order valence-electron chi connectivity index (χ0n) is 10.7. The van der Waals surface area contributed by atoms with E-state index in [4.69, 9.17) is 9.84 Å². The van der Waals surface area contributed by atoms with E-state index in [0.29, 0.717) is 0 Å². The number of nitrogens with zero attached hydrogens (tertiary/aromatic N) is 1. The zero-order valence-corrected chi connectivity index (χ0v) is 10.7. The number of nitro groups is 1. The second-order valence-electron chi connectivity index (χ2n) is 4.13. The molecule has 108 valence electrons. The average molecular weight is 291 g/mol. The van der Waals surface area contributed by atoms with Crippen molar-refractivity contribution in [2.75, 3.05) is 0 Å². The number of benzene rings is 2. The van der Waals surface area contributed by atoms with Crippen LogP contribution in [0.1, 0.15) is 15.9 Å². The van der Waals surface area contributed by atoms with E-state index in [0.717, 1.165) is 6.07 Å². The molecule has 0 aromatic heterocycles. The van der Waals surface area contributed by atoms with E-state index >= 15 is 0 Å². The fraction of sp³-hybridized carbons (Fsp3) is 0.0714. The van der Waals surface area contributed by atoms with Gasteiger partial charge in [0.1, 0.15) is 12.4 Å². The molecule has 0 aliphatic heterocycles. The summed E-state index contributed by atoms with van der Waals surface area (Å²) in [6, 6.07) is 9.46. The minimum atomic E-state index is -1.11. The molecule has 7 heteroatoms. The van der Waals surface area contributed by atoms with Gasteiger partial charge in [-0.1, -0.05) is 18.2 Å². The number of aromatic carboxylic acids is 1. The Bertz CT molecular complexity index is 702. The molecule has 0 spiro atoms. The standard InChI is InChI=1S/C14H10FNO5/c15-13-10(4-2-6-12(13)16(19)20)8-21-11-5-1-3-9(7-11)14(17)18/h1-7H,8H2,(H,17,18). The molecular weight excluding hydrogens is 281 g/mol. The molecule has 21 heavy (non-hydrogen) atoms. The number of carboxylic acid groups (broad SMARTS) is 1. The summed E-state index contributed by atoms with van der Waals surface area (Å²) in [7, 11) is 0. The number of rotatable bonds is 5. The Hall–Kier alpha value is -2.96. The van der Waals surface area contributed by atoms with Gasteiger partial charge in [0.25, 0.3) is 0 Å². The van der Waals surface area contributed by atoms with Gasteiger partial charge in [0, 0.05) is 11.6 Å². The summed E-state index contributed by atoms with van der Waals surface area (Å²) in [5, 5.41) is 19.5. The van der Waals surface area contributed by atoms with Crippen molar-refractivity contribution in [1.29, 1.82) is 0 Å². The summed E-state index contributed by atoms with van der Waals surface area (Å²) < 4.78 is 19.1. The molecular formula is C14H10FNO5. The van der Waals surface area contributed by atoms with Crippen LogP contribution in [0.2, 0.25) is 0 Å². The van der Waals surface area contributed by atoms with Crippen molar-refractivity contribution in [3.63, 3.8) is 0 Å². The number of carboxylic acids is 1. The number of hydrogen-bond donors (Lipinski definition) is 1.